The van der Waals surface area contributed by atoms with Gasteiger partial charge < -0.3 is 15.4 Å². The molecule has 0 bridgehead atoms. The maximum Gasteiger partial charge on any atom is 0.325 e. The minimum Gasteiger partial charge on any atom is -0.455 e. The first-order valence-electron chi connectivity index (χ1n) is 10.3. The van der Waals surface area contributed by atoms with Gasteiger partial charge in [0, 0.05) is 0 Å². The third-order valence-electron chi connectivity index (χ3n) is 5.64. The number of carbonyl (C=O) groups excluding carboxylic acids is 3. The smallest absolute Gasteiger partial charge is 0.325 e. The number of rotatable bonds is 5. The summed E-state index contributed by atoms with van der Waals surface area (Å²) in [6, 6.07) is 15.8. The highest BCUT2D eigenvalue weighted by molar-refractivity contribution is 6.10. The molecule has 7 heteroatoms. The Bertz CT molecular complexity index is 936. The van der Waals surface area contributed by atoms with Gasteiger partial charge in [-0.05, 0) is 37.1 Å². The summed E-state index contributed by atoms with van der Waals surface area (Å²) in [7, 11) is 0. The minimum atomic E-state index is -0.845. The summed E-state index contributed by atoms with van der Waals surface area (Å²) in [6.45, 7) is -0.327. The second-order valence-corrected chi connectivity index (χ2v) is 7.78. The van der Waals surface area contributed by atoms with Gasteiger partial charge in [0.15, 0.2) is 5.75 Å². The Labute approximate surface area is 175 Å². The number of urea groups is 1. The van der Waals surface area contributed by atoms with E-state index >= 15 is 0 Å². The average molecular weight is 407 g/mol. The predicted octanol–water partition coefficient (Wildman–Crippen LogP) is 4.06. The summed E-state index contributed by atoms with van der Waals surface area (Å²) in [4.78, 5) is 39.1. The maximum atomic E-state index is 13.0. The van der Waals surface area contributed by atoms with Crippen molar-refractivity contribution in [2.75, 3.05) is 11.9 Å². The Morgan fingerprint density at radius 1 is 0.967 bits per heavy atom. The molecule has 2 aromatic carbocycles. The van der Waals surface area contributed by atoms with E-state index in [1.54, 1.807) is 24.3 Å². The standard InChI is InChI=1S/C23H25N3O4/c27-20(16-26-21(28)23(25-22(26)29)14-8-1-2-9-15-23)24-18-12-6-7-13-19(18)30-17-10-4-3-5-11-17/h3-7,10-13H,1-2,8-9,14-16H2,(H,24,27)(H,25,29). The van der Waals surface area contributed by atoms with Crippen molar-refractivity contribution in [3.05, 3.63) is 54.6 Å². The average Bonchev–Trinajstić information content (AvgIpc) is 2.91. The monoisotopic (exact) mass is 407 g/mol. The van der Waals surface area contributed by atoms with Crippen LogP contribution >= 0.6 is 0 Å². The number of nitrogens with zero attached hydrogens (tertiary/aromatic N) is 1. The molecule has 0 aromatic heterocycles. The number of anilines is 1. The largest absolute Gasteiger partial charge is 0.455 e. The predicted molar refractivity (Wildman–Crippen MR) is 112 cm³/mol. The number of imide groups is 1. The molecular weight excluding hydrogens is 382 g/mol. The number of nitrogens with one attached hydrogen (secondary N) is 2. The highest BCUT2D eigenvalue weighted by atomic mass is 16.5. The van der Waals surface area contributed by atoms with E-state index in [4.69, 9.17) is 4.74 Å². The van der Waals surface area contributed by atoms with Crippen molar-refractivity contribution in [3.8, 4) is 11.5 Å². The third kappa shape index (κ3) is 4.15. The van der Waals surface area contributed by atoms with Crippen LogP contribution in [0, 0.1) is 0 Å². The van der Waals surface area contributed by atoms with Crippen LogP contribution in [0.1, 0.15) is 38.5 Å². The van der Waals surface area contributed by atoms with Gasteiger partial charge in [0.1, 0.15) is 17.8 Å². The van der Waals surface area contributed by atoms with Crippen molar-refractivity contribution in [1.29, 1.82) is 0 Å². The fraction of sp³-hybridized carbons (Fsp3) is 0.348. The molecule has 7 nitrogen and oxygen atoms in total. The number of hydrogen-bond donors (Lipinski definition) is 2. The molecule has 1 spiro atoms. The van der Waals surface area contributed by atoms with Crippen molar-refractivity contribution in [2.24, 2.45) is 0 Å². The van der Waals surface area contributed by atoms with E-state index in [1.807, 2.05) is 30.3 Å². The van der Waals surface area contributed by atoms with E-state index in [2.05, 4.69) is 10.6 Å². The van der Waals surface area contributed by atoms with Crippen LogP contribution in [0.25, 0.3) is 0 Å². The fourth-order valence-electron chi connectivity index (χ4n) is 4.10. The van der Waals surface area contributed by atoms with Gasteiger partial charge in [-0.2, -0.15) is 0 Å². The van der Waals surface area contributed by atoms with Crippen LogP contribution in [0.4, 0.5) is 10.5 Å². The Morgan fingerprint density at radius 2 is 1.63 bits per heavy atom. The van der Waals surface area contributed by atoms with Crippen molar-refractivity contribution in [3.63, 3.8) is 0 Å². The highest BCUT2D eigenvalue weighted by Gasteiger charge is 2.51. The van der Waals surface area contributed by atoms with E-state index in [1.165, 1.54) is 0 Å². The molecule has 1 saturated carbocycles. The van der Waals surface area contributed by atoms with E-state index in [9.17, 15) is 14.4 Å². The van der Waals surface area contributed by atoms with E-state index in [0.717, 1.165) is 30.6 Å². The zero-order valence-electron chi connectivity index (χ0n) is 16.7. The normalized spacial score (nSPS) is 18.1. The SMILES string of the molecule is O=C(CN1C(=O)NC2(CCCCCC2)C1=O)Nc1ccccc1Oc1ccccc1. The van der Waals surface area contributed by atoms with Gasteiger partial charge in [-0.1, -0.05) is 56.0 Å². The number of amides is 4. The zero-order chi connectivity index (χ0) is 21.0. The first-order valence-corrected chi connectivity index (χ1v) is 10.3. The van der Waals surface area contributed by atoms with Crippen LogP contribution < -0.4 is 15.4 Å². The lowest BCUT2D eigenvalue weighted by Gasteiger charge is -2.24. The molecular formula is C23H25N3O4. The molecule has 1 aliphatic carbocycles. The summed E-state index contributed by atoms with van der Waals surface area (Å²) < 4.78 is 5.85. The Balaban J connectivity index is 1.44. The first kappa shape index (κ1) is 19.9. The molecule has 1 aliphatic heterocycles. The number of ether oxygens (including phenoxy) is 1. The van der Waals surface area contributed by atoms with Crippen molar-refractivity contribution < 1.29 is 19.1 Å². The number of para-hydroxylation sites is 3. The van der Waals surface area contributed by atoms with Crippen molar-refractivity contribution in [1.82, 2.24) is 10.2 Å². The van der Waals surface area contributed by atoms with Gasteiger partial charge in [0.05, 0.1) is 5.69 Å². The molecule has 0 atom stereocenters. The maximum absolute atomic E-state index is 13.0. The van der Waals surface area contributed by atoms with E-state index in [0.29, 0.717) is 30.0 Å². The summed E-state index contributed by atoms with van der Waals surface area (Å²) in [5.41, 5.74) is -0.370. The van der Waals surface area contributed by atoms with Crippen LogP contribution in [0.15, 0.2) is 54.6 Å². The number of hydrogen-bond acceptors (Lipinski definition) is 4. The van der Waals surface area contributed by atoms with Gasteiger partial charge in [-0.3, -0.25) is 14.5 Å². The minimum absolute atomic E-state index is 0.293. The topological polar surface area (TPSA) is 87.7 Å². The van der Waals surface area contributed by atoms with Gasteiger partial charge in [0.25, 0.3) is 5.91 Å². The van der Waals surface area contributed by atoms with Crippen LogP contribution in [-0.2, 0) is 9.59 Å². The van der Waals surface area contributed by atoms with E-state index < -0.39 is 17.5 Å². The second kappa shape index (κ2) is 8.57. The summed E-state index contributed by atoms with van der Waals surface area (Å²) in [6.07, 6.45) is 5.17. The van der Waals surface area contributed by atoms with Gasteiger partial charge in [0.2, 0.25) is 5.91 Å². The highest BCUT2D eigenvalue weighted by Crippen LogP contribution is 2.33. The number of benzene rings is 2. The Morgan fingerprint density at radius 3 is 2.37 bits per heavy atom. The van der Waals surface area contributed by atoms with Gasteiger partial charge >= 0.3 is 6.03 Å². The molecule has 1 saturated heterocycles. The molecule has 2 aliphatic rings. The molecule has 2 aromatic rings. The summed E-state index contributed by atoms with van der Waals surface area (Å²) in [5, 5.41) is 5.62. The van der Waals surface area contributed by atoms with Crippen LogP contribution in [0.3, 0.4) is 0 Å². The zero-order valence-corrected chi connectivity index (χ0v) is 16.7. The lowest BCUT2D eigenvalue weighted by atomic mass is 9.90. The lowest BCUT2D eigenvalue weighted by Crippen LogP contribution is -2.47. The molecule has 0 unspecified atom stereocenters. The molecule has 1 heterocycles. The molecule has 156 valence electrons. The summed E-state index contributed by atoms with van der Waals surface area (Å²) in [5.74, 6) is 0.379. The Hall–Kier alpha value is -3.35. The van der Waals surface area contributed by atoms with Gasteiger partial charge in [-0.15, -0.1) is 0 Å². The van der Waals surface area contributed by atoms with Crippen LogP contribution in [0.5, 0.6) is 11.5 Å². The molecule has 0 radical (unpaired) electrons. The quantitative estimate of drug-likeness (QED) is 0.732. The Kier molecular flexibility index (Phi) is 5.70. The van der Waals surface area contributed by atoms with Crippen LogP contribution in [-0.4, -0.2) is 34.8 Å². The molecule has 30 heavy (non-hydrogen) atoms. The van der Waals surface area contributed by atoms with Crippen LogP contribution in [0.2, 0.25) is 0 Å². The molecule has 4 rings (SSSR count). The van der Waals surface area contributed by atoms with Crippen molar-refractivity contribution >= 4 is 23.5 Å². The summed E-state index contributed by atoms with van der Waals surface area (Å²) >= 11 is 0. The molecule has 2 N–H and O–H groups in total. The van der Waals surface area contributed by atoms with Crippen molar-refractivity contribution in [2.45, 2.75) is 44.1 Å². The third-order valence-corrected chi connectivity index (χ3v) is 5.64. The first-order chi connectivity index (χ1) is 14.6. The van der Waals surface area contributed by atoms with Gasteiger partial charge in [-0.25, -0.2) is 4.79 Å². The lowest BCUT2D eigenvalue weighted by molar-refractivity contribution is -0.134. The molecule has 4 amide bonds. The van der Waals surface area contributed by atoms with E-state index in [-0.39, 0.29) is 12.5 Å². The second-order valence-electron chi connectivity index (χ2n) is 7.78. The fourth-order valence-corrected chi connectivity index (χ4v) is 4.10. The number of carbonyl (C=O) groups is 3. The molecule has 2 fully saturated rings.